The Morgan fingerprint density at radius 1 is 1.33 bits per heavy atom. The molecule has 0 saturated carbocycles. The van der Waals surface area contributed by atoms with E-state index < -0.39 is 11.4 Å². The van der Waals surface area contributed by atoms with Crippen LogP contribution < -0.4 is 5.56 Å². The van der Waals surface area contributed by atoms with Crippen LogP contribution in [0.2, 0.25) is 0 Å². The second-order valence-corrected chi connectivity index (χ2v) is 5.54. The Kier molecular flexibility index (Phi) is 3.89. The number of hydrogen-bond acceptors (Lipinski definition) is 4. The van der Waals surface area contributed by atoms with Crippen LogP contribution in [0.15, 0.2) is 23.0 Å². The van der Waals surface area contributed by atoms with Crippen LogP contribution in [-0.2, 0) is 13.1 Å². The lowest BCUT2D eigenvalue weighted by atomic mass is 10.1. The van der Waals surface area contributed by atoms with Gasteiger partial charge in [0.25, 0.3) is 5.56 Å². The lowest BCUT2D eigenvalue weighted by Crippen LogP contribution is -2.29. The standard InChI is InChI=1S/C17H16FN5O/c1-4-22-14-7-5-6-13(18)16(14)20-15(22)9-23-17(24)12(8-19)10(2)11(3)21-23/h5-7H,4,9H2,1-3H3. The van der Waals surface area contributed by atoms with Crippen LogP contribution in [0.1, 0.15) is 29.6 Å². The molecule has 3 rings (SSSR count). The summed E-state index contributed by atoms with van der Waals surface area (Å²) >= 11 is 0. The van der Waals surface area contributed by atoms with Gasteiger partial charge in [0.2, 0.25) is 0 Å². The monoisotopic (exact) mass is 325 g/mol. The predicted molar refractivity (Wildman–Crippen MR) is 87.2 cm³/mol. The molecule has 0 fully saturated rings. The molecular weight excluding hydrogens is 309 g/mol. The van der Waals surface area contributed by atoms with E-state index in [4.69, 9.17) is 0 Å². The zero-order valence-electron chi connectivity index (χ0n) is 13.7. The quantitative estimate of drug-likeness (QED) is 0.740. The Morgan fingerprint density at radius 2 is 2.08 bits per heavy atom. The summed E-state index contributed by atoms with van der Waals surface area (Å²) in [5.74, 6) is 0.124. The van der Waals surface area contributed by atoms with Gasteiger partial charge in [-0.2, -0.15) is 10.4 Å². The maximum Gasteiger partial charge on any atom is 0.285 e. The van der Waals surface area contributed by atoms with Crippen LogP contribution in [0.5, 0.6) is 0 Å². The fourth-order valence-electron chi connectivity index (χ4n) is 2.78. The Bertz CT molecular complexity index is 1040. The summed E-state index contributed by atoms with van der Waals surface area (Å²) in [6, 6.07) is 6.70. The summed E-state index contributed by atoms with van der Waals surface area (Å²) in [7, 11) is 0. The van der Waals surface area contributed by atoms with Gasteiger partial charge in [0.1, 0.15) is 29.5 Å². The van der Waals surface area contributed by atoms with E-state index in [-0.39, 0.29) is 17.6 Å². The summed E-state index contributed by atoms with van der Waals surface area (Å²) in [4.78, 5) is 16.8. The molecule has 0 spiro atoms. The van der Waals surface area contributed by atoms with E-state index in [2.05, 4.69) is 10.1 Å². The lowest BCUT2D eigenvalue weighted by molar-refractivity contribution is 0.575. The van der Waals surface area contributed by atoms with Crippen molar-refractivity contribution in [3.05, 3.63) is 57.0 Å². The minimum absolute atomic E-state index is 0.0767. The van der Waals surface area contributed by atoms with Crippen molar-refractivity contribution >= 4 is 11.0 Å². The highest BCUT2D eigenvalue weighted by atomic mass is 19.1. The summed E-state index contributed by atoms with van der Waals surface area (Å²) in [6.45, 7) is 6.03. The Balaban J connectivity index is 2.18. The number of nitriles is 1. The third-order valence-electron chi connectivity index (χ3n) is 4.16. The fraction of sp³-hybridized carbons (Fsp3) is 0.294. The number of halogens is 1. The van der Waals surface area contributed by atoms with Crippen molar-refractivity contribution in [2.45, 2.75) is 33.9 Å². The summed E-state index contributed by atoms with van der Waals surface area (Å²) < 4.78 is 17.0. The molecule has 0 N–H and O–H groups in total. The number of aryl methyl sites for hydroxylation is 2. The number of hydrogen-bond donors (Lipinski definition) is 0. The van der Waals surface area contributed by atoms with Gasteiger partial charge in [0, 0.05) is 6.54 Å². The van der Waals surface area contributed by atoms with Crippen molar-refractivity contribution in [1.29, 1.82) is 5.26 Å². The highest BCUT2D eigenvalue weighted by Crippen LogP contribution is 2.19. The molecule has 0 saturated heterocycles. The van der Waals surface area contributed by atoms with Gasteiger partial charge in [0.15, 0.2) is 5.82 Å². The topological polar surface area (TPSA) is 76.5 Å². The predicted octanol–water partition coefficient (Wildman–Crippen LogP) is 2.29. The van der Waals surface area contributed by atoms with Crippen LogP contribution in [0, 0.1) is 31.0 Å². The van der Waals surface area contributed by atoms with Crippen molar-refractivity contribution in [3.63, 3.8) is 0 Å². The molecule has 0 atom stereocenters. The largest absolute Gasteiger partial charge is 0.327 e. The second kappa shape index (κ2) is 5.89. The molecule has 6 nitrogen and oxygen atoms in total. The average Bonchev–Trinajstić information content (AvgIpc) is 2.92. The number of imidazole rings is 1. The minimum Gasteiger partial charge on any atom is -0.327 e. The molecule has 0 aliphatic rings. The van der Waals surface area contributed by atoms with Crippen molar-refractivity contribution in [2.24, 2.45) is 0 Å². The molecule has 122 valence electrons. The number of nitrogens with zero attached hydrogens (tertiary/aromatic N) is 5. The Hall–Kier alpha value is -3.01. The lowest BCUT2D eigenvalue weighted by Gasteiger charge is -2.10. The summed E-state index contributed by atoms with van der Waals surface area (Å²) in [6.07, 6.45) is 0. The summed E-state index contributed by atoms with van der Waals surface area (Å²) in [5, 5.41) is 13.5. The molecule has 0 unspecified atom stereocenters. The first-order chi connectivity index (χ1) is 11.5. The van der Waals surface area contributed by atoms with E-state index in [1.165, 1.54) is 10.7 Å². The van der Waals surface area contributed by atoms with E-state index in [1.807, 2.05) is 17.6 Å². The van der Waals surface area contributed by atoms with Crippen molar-refractivity contribution < 1.29 is 4.39 Å². The zero-order valence-corrected chi connectivity index (χ0v) is 13.7. The van der Waals surface area contributed by atoms with Crippen molar-refractivity contribution in [3.8, 4) is 6.07 Å². The van der Waals surface area contributed by atoms with E-state index in [0.29, 0.717) is 29.1 Å². The molecule has 1 aromatic carbocycles. The van der Waals surface area contributed by atoms with Gasteiger partial charge >= 0.3 is 0 Å². The number of para-hydroxylation sites is 1. The van der Waals surface area contributed by atoms with E-state index >= 15 is 0 Å². The van der Waals surface area contributed by atoms with Gasteiger partial charge in [0.05, 0.1) is 11.2 Å². The average molecular weight is 325 g/mol. The highest BCUT2D eigenvalue weighted by Gasteiger charge is 2.16. The van der Waals surface area contributed by atoms with Crippen LogP contribution in [0.25, 0.3) is 11.0 Å². The van der Waals surface area contributed by atoms with E-state index in [9.17, 15) is 14.4 Å². The first-order valence-corrected chi connectivity index (χ1v) is 7.60. The molecule has 2 heterocycles. The molecule has 0 aliphatic carbocycles. The smallest absolute Gasteiger partial charge is 0.285 e. The Labute approximate surface area is 137 Å². The fourth-order valence-corrected chi connectivity index (χ4v) is 2.78. The minimum atomic E-state index is -0.462. The number of fused-ring (bicyclic) bond motifs is 1. The molecule has 2 aromatic heterocycles. The molecule has 0 aliphatic heterocycles. The van der Waals surface area contributed by atoms with Gasteiger partial charge in [-0.25, -0.2) is 14.1 Å². The van der Waals surface area contributed by atoms with E-state index in [0.717, 1.165) is 0 Å². The van der Waals surface area contributed by atoms with Gasteiger partial charge in [-0.15, -0.1) is 0 Å². The highest BCUT2D eigenvalue weighted by molar-refractivity contribution is 5.76. The van der Waals surface area contributed by atoms with Crippen molar-refractivity contribution in [2.75, 3.05) is 0 Å². The van der Waals surface area contributed by atoms with Gasteiger partial charge in [-0.3, -0.25) is 4.79 Å². The molecule has 0 amide bonds. The SMILES string of the molecule is CCn1c(Cn2nc(C)c(C)c(C#N)c2=O)nc2c(F)cccc21. The zero-order chi connectivity index (χ0) is 17.4. The van der Waals surface area contributed by atoms with Crippen molar-refractivity contribution in [1.82, 2.24) is 19.3 Å². The van der Waals surface area contributed by atoms with Crippen LogP contribution in [0.3, 0.4) is 0 Å². The number of rotatable bonds is 3. The first-order valence-electron chi connectivity index (χ1n) is 7.60. The maximum absolute atomic E-state index is 14.0. The number of benzene rings is 1. The molecular formula is C17H16FN5O. The van der Waals surface area contributed by atoms with E-state index in [1.54, 1.807) is 26.0 Å². The normalized spacial score (nSPS) is 11.0. The van der Waals surface area contributed by atoms with Crippen LogP contribution >= 0.6 is 0 Å². The first kappa shape index (κ1) is 15.9. The molecule has 24 heavy (non-hydrogen) atoms. The number of aromatic nitrogens is 4. The third-order valence-corrected chi connectivity index (χ3v) is 4.16. The maximum atomic E-state index is 14.0. The third kappa shape index (κ3) is 2.36. The Morgan fingerprint density at radius 3 is 2.75 bits per heavy atom. The molecule has 7 heteroatoms. The molecule has 0 radical (unpaired) electrons. The van der Waals surface area contributed by atoms with Gasteiger partial charge < -0.3 is 4.57 Å². The molecule has 0 bridgehead atoms. The van der Waals surface area contributed by atoms with Crippen LogP contribution in [-0.4, -0.2) is 19.3 Å². The summed E-state index contributed by atoms with van der Waals surface area (Å²) in [5.41, 5.74) is 1.74. The molecule has 3 aromatic rings. The second-order valence-electron chi connectivity index (χ2n) is 5.54. The van der Waals surface area contributed by atoms with Crippen LogP contribution in [0.4, 0.5) is 4.39 Å². The van der Waals surface area contributed by atoms with Gasteiger partial charge in [-0.05, 0) is 38.5 Å². The van der Waals surface area contributed by atoms with Gasteiger partial charge in [-0.1, -0.05) is 6.07 Å².